The van der Waals surface area contributed by atoms with Crippen LogP contribution in [0.25, 0.3) is 0 Å². The van der Waals surface area contributed by atoms with Gasteiger partial charge in [-0.05, 0) is 17.7 Å². The summed E-state index contributed by atoms with van der Waals surface area (Å²) in [5, 5.41) is 0. The van der Waals surface area contributed by atoms with Gasteiger partial charge >= 0.3 is 6.09 Å². The molecular weight excluding hydrogens is 312 g/mol. The fourth-order valence-electron chi connectivity index (χ4n) is 3.82. The van der Waals surface area contributed by atoms with E-state index in [0.717, 1.165) is 50.1 Å². The lowest BCUT2D eigenvalue weighted by Gasteiger charge is -2.47. The normalized spacial score (nSPS) is 24.7. The second-order valence-electron chi connectivity index (χ2n) is 7.05. The van der Waals surface area contributed by atoms with Crippen LogP contribution in [-0.2, 0) is 11.3 Å². The number of hydrogen-bond acceptors (Lipinski definition) is 3. The zero-order chi connectivity index (χ0) is 17.1. The van der Waals surface area contributed by atoms with E-state index in [0.29, 0.717) is 6.54 Å². The summed E-state index contributed by atoms with van der Waals surface area (Å²) in [5.41, 5.74) is 1.70. The molecule has 0 N–H and O–H groups in total. The largest absolute Gasteiger partial charge is 0.442 e. The van der Waals surface area contributed by atoms with E-state index < -0.39 is 0 Å². The first-order chi connectivity index (χ1) is 12.2. The average Bonchev–Trinajstić information content (AvgIpc) is 2.68. The molecule has 0 unspecified atom stereocenters. The average molecular weight is 336 g/mol. The van der Waals surface area contributed by atoms with E-state index in [9.17, 15) is 4.79 Å². The molecule has 130 valence electrons. The molecule has 1 amide bonds. The third-order valence-electron chi connectivity index (χ3n) is 5.43. The first-order valence-corrected chi connectivity index (χ1v) is 9.06. The van der Waals surface area contributed by atoms with Crippen molar-refractivity contribution in [1.82, 2.24) is 4.90 Å². The van der Waals surface area contributed by atoms with Crippen molar-refractivity contribution in [3.05, 3.63) is 66.2 Å². The van der Waals surface area contributed by atoms with Gasteiger partial charge in [0.25, 0.3) is 0 Å². The highest BCUT2D eigenvalue weighted by atomic mass is 16.6. The summed E-state index contributed by atoms with van der Waals surface area (Å²) in [6, 6.07) is 19.9. The molecule has 0 aromatic heterocycles. The van der Waals surface area contributed by atoms with Crippen LogP contribution in [0.3, 0.4) is 0 Å². The van der Waals surface area contributed by atoms with E-state index in [1.807, 2.05) is 60.7 Å². The van der Waals surface area contributed by atoms with Crippen LogP contribution in [0, 0.1) is 0 Å². The number of anilines is 1. The van der Waals surface area contributed by atoms with Crippen molar-refractivity contribution in [2.75, 3.05) is 24.5 Å². The molecule has 0 radical (unpaired) electrons. The topological polar surface area (TPSA) is 32.8 Å². The Morgan fingerprint density at radius 1 is 0.920 bits per heavy atom. The Morgan fingerprint density at radius 2 is 1.48 bits per heavy atom. The van der Waals surface area contributed by atoms with E-state index >= 15 is 0 Å². The Labute approximate surface area is 149 Å². The molecule has 0 spiro atoms. The lowest BCUT2D eigenvalue weighted by molar-refractivity contribution is -0.0764. The van der Waals surface area contributed by atoms with Crippen LogP contribution in [0.15, 0.2) is 60.7 Å². The molecule has 0 aliphatic carbocycles. The summed E-state index contributed by atoms with van der Waals surface area (Å²) in [5.74, 6) is 0. The molecule has 25 heavy (non-hydrogen) atoms. The third-order valence-corrected chi connectivity index (χ3v) is 5.43. The second-order valence-corrected chi connectivity index (χ2v) is 7.05. The van der Waals surface area contributed by atoms with Crippen LogP contribution in [0.1, 0.15) is 24.8 Å². The van der Waals surface area contributed by atoms with Crippen LogP contribution in [0.5, 0.6) is 0 Å². The summed E-state index contributed by atoms with van der Waals surface area (Å²) in [4.78, 5) is 17.3. The molecule has 3 saturated heterocycles. The Hall–Kier alpha value is -2.33. The molecule has 2 bridgehead atoms. The Morgan fingerprint density at radius 3 is 2.08 bits per heavy atom. The van der Waals surface area contributed by atoms with Crippen LogP contribution < -0.4 is 4.90 Å². The number of carbonyl (C=O) groups is 1. The van der Waals surface area contributed by atoms with Gasteiger partial charge in [0.15, 0.2) is 0 Å². The third kappa shape index (κ3) is 3.54. The summed E-state index contributed by atoms with van der Waals surface area (Å²) < 4.78 is 6.12. The number of benzene rings is 2. The number of rotatable bonds is 4. The molecule has 4 heteroatoms. The summed E-state index contributed by atoms with van der Waals surface area (Å²) in [6.45, 7) is 3.64. The van der Waals surface area contributed by atoms with Crippen molar-refractivity contribution in [1.29, 1.82) is 0 Å². The first kappa shape index (κ1) is 16.2. The van der Waals surface area contributed by atoms with E-state index in [-0.39, 0.29) is 11.7 Å². The molecule has 3 heterocycles. The fourth-order valence-corrected chi connectivity index (χ4v) is 3.82. The number of piperidine rings is 3. The van der Waals surface area contributed by atoms with Gasteiger partial charge in [0.2, 0.25) is 0 Å². The van der Waals surface area contributed by atoms with E-state index in [1.54, 1.807) is 4.90 Å². The standard InChI is InChI=1S/C21H24N2O2/c24-20(25-21-11-14-22(15-12-21)16-13-21)23(19-9-5-2-6-10-19)17-18-7-3-1-4-8-18/h1-10H,11-17H2. The number of hydrogen-bond donors (Lipinski definition) is 0. The lowest BCUT2D eigenvalue weighted by atomic mass is 9.83. The quantitative estimate of drug-likeness (QED) is 0.844. The zero-order valence-electron chi connectivity index (χ0n) is 14.4. The van der Waals surface area contributed by atoms with Crippen molar-refractivity contribution in [2.24, 2.45) is 0 Å². The monoisotopic (exact) mass is 336 g/mol. The molecule has 5 rings (SSSR count). The van der Waals surface area contributed by atoms with Crippen LogP contribution in [0.2, 0.25) is 0 Å². The Balaban J connectivity index is 1.55. The van der Waals surface area contributed by atoms with E-state index in [2.05, 4.69) is 4.90 Å². The minimum Gasteiger partial charge on any atom is -0.442 e. The van der Waals surface area contributed by atoms with Gasteiger partial charge in [-0.1, -0.05) is 48.5 Å². The highest BCUT2D eigenvalue weighted by molar-refractivity contribution is 5.87. The Kier molecular flexibility index (Phi) is 4.45. The van der Waals surface area contributed by atoms with Crippen LogP contribution in [0.4, 0.5) is 10.5 Å². The SMILES string of the molecule is O=C(OC12CCN(CC1)CC2)N(Cc1ccccc1)c1ccccc1. The molecule has 0 saturated carbocycles. The highest BCUT2D eigenvalue weighted by Crippen LogP contribution is 2.36. The zero-order valence-corrected chi connectivity index (χ0v) is 14.4. The molecular formula is C21H24N2O2. The van der Waals surface area contributed by atoms with Crippen molar-refractivity contribution < 1.29 is 9.53 Å². The number of ether oxygens (including phenoxy) is 1. The predicted octanol–water partition coefficient (Wildman–Crippen LogP) is 4.07. The lowest BCUT2D eigenvalue weighted by Crippen LogP contribution is -2.55. The van der Waals surface area contributed by atoms with Gasteiger partial charge in [-0.25, -0.2) is 4.79 Å². The smallest absolute Gasteiger partial charge is 0.415 e. The van der Waals surface area contributed by atoms with Gasteiger partial charge < -0.3 is 9.64 Å². The summed E-state index contributed by atoms with van der Waals surface area (Å²) in [7, 11) is 0. The van der Waals surface area contributed by atoms with Gasteiger partial charge in [0.1, 0.15) is 5.60 Å². The van der Waals surface area contributed by atoms with Gasteiger partial charge in [-0.3, -0.25) is 4.90 Å². The fraction of sp³-hybridized carbons (Fsp3) is 0.381. The highest BCUT2D eigenvalue weighted by Gasteiger charge is 2.43. The number of fused-ring (bicyclic) bond motifs is 3. The minimum atomic E-state index is -0.268. The number of para-hydroxylation sites is 1. The number of amides is 1. The molecule has 4 nitrogen and oxygen atoms in total. The van der Waals surface area contributed by atoms with Gasteiger partial charge in [-0.2, -0.15) is 0 Å². The molecule has 2 aromatic carbocycles. The molecule has 3 aliphatic heterocycles. The van der Waals surface area contributed by atoms with E-state index in [4.69, 9.17) is 4.74 Å². The van der Waals surface area contributed by atoms with Crippen LogP contribution >= 0.6 is 0 Å². The number of carbonyl (C=O) groups excluding carboxylic acids is 1. The van der Waals surface area contributed by atoms with Crippen molar-refractivity contribution >= 4 is 11.8 Å². The van der Waals surface area contributed by atoms with Crippen molar-refractivity contribution in [3.63, 3.8) is 0 Å². The van der Waals surface area contributed by atoms with Crippen LogP contribution in [-0.4, -0.2) is 36.2 Å². The van der Waals surface area contributed by atoms with Crippen molar-refractivity contribution in [3.8, 4) is 0 Å². The van der Waals surface area contributed by atoms with E-state index in [1.165, 1.54) is 0 Å². The van der Waals surface area contributed by atoms with Crippen molar-refractivity contribution in [2.45, 2.75) is 31.4 Å². The molecule has 3 aliphatic rings. The van der Waals surface area contributed by atoms with Gasteiger partial charge in [0.05, 0.1) is 6.54 Å². The summed E-state index contributed by atoms with van der Waals surface area (Å²) in [6.07, 6.45) is 2.62. The maximum absolute atomic E-state index is 13.1. The number of nitrogens with zero attached hydrogens (tertiary/aromatic N) is 2. The maximum Gasteiger partial charge on any atom is 0.415 e. The predicted molar refractivity (Wildman–Crippen MR) is 98.6 cm³/mol. The summed E-state index contributed by atoms with van der Waals surface area (Å²) >= 11 is 0. The second kappa shape index (κ2) is 6.89. The molecule has 3 fully saturated rings. The first-order valence-electron chi connectivity index (χ1n) is 9.06. The van der Waals surface area contributed by atoms with Gasteiger partial charge in [-0.15, -0.1) is 0 Å². The molecule has 0 atom stereocenters. The minimum absolute atomic E-state index is 0.231. The maximum atomic E-state index is 13.1. The Bertz CT molecular complexity index is 695. The molecule has 2 aromatic rings. The van der Waals surface area contributed by atoms with Gasteiger partial charge in [0, 0.05) is 44.6 Å².